The Morgan fingerprint density at radius 3 is 2.54 bits per heavy atom. The number of carbonyl (C=O) groups excluding carboxylic acids is 2. The van der Waals surface area contributed by atoms with Crippen LogP contribution in [0.3, 0.4) is 0 Å². The molecule has 1 aromatic heterocycles. The van der Waals surface area contributed by atoms with E-state index in [1.807, 2.05) is 0 Å². The van der Waals surface area contributed by atoms with E-state index in [9.17, 15) is 9.59 Å². The summed E-state index contributed by atoms with van der Waals surface area (Å²) in [7, 11) is 0. The molecule has 1 saturated carbocycles. The van der Waals surface area contributed by atoms with Crippen molar-refractivity contribution in [2.75, 3.05) is 4.90 Å². The number of hydrogen-bond donors (Lipinski definition) is 0. The van der Waals surface area contributed by atoms with Crippen LogP contribution in [0.25, 0.3) is 11.0 Å². The van der Waals surface area contributed by atoms with Gasteiger partial charge in [0.1, 0.15) is 5.60 Å². The van der Waals surface area contributed by atoms with Gasteiger partial charge in [-0.3, -0.25) is 4.79 Å². The number of amides is 2. The van der Waals surface area contributed by atoms with Crippen molar-refractivity contribution in [3.63, 3.8) is 0 Å². The lowest BCUT2D eigenvalue weighted by Crippen LogP contribution is -2.39. The lowest BCUT2D eigenvalue weighted by atomic mass is 10.1. The van der Waals surface area contributed by atoms with Gasteiger partial charge in [-0.2, -0.15) is 0 Å². The molecule has 2 aromatic rings. The van der Waals surface area contributed by atoms with Crippen molar-refractivity contribution in [1.29, 1.82) is 0 Å². The highest BCUT2D eigenvalue weighted by molar-refractivity contribution is 6.35. The Kier molecular flexibility index (Phi) is 4.03. The molecule has 2 amide bonds. The van der Waals surface area contributed by atoms with Crippen molar-refractivity contribution in [1.82, 2.24) is 5.16 Å². The van der Waals surface area contributed by atoms with E-state index in [-0.39, 0.29) is 0 Å². The minimum atomic E-state index is -0.741. The number of carbonyl (C=O) groups is 2. The fraction of sp³-hybridized carbons (Fsp3) is 0.471. The molecule has 0 unspecified atom stereocenters. The zero-order chi connectivity index (χ0) is 17.6. The van der Waals surface area contributed by atoms with Gasteiger partial charge < -0.3 is 9.26 Å². The second-order valence-electron chi connectivity index (χ2n) is 6.98. The molecular weight excluding hydrogens is 332 g/mol. The van der Waals surface area contributed by atoms with Crippen molar-refractivity contribution in [2.45, 2.75) is 52.1 Å². The van der Waals surface area contributed by atoms with Crippen LogP contribution in [0.5, 0.6) is 0 Å². The number of anilines is 1. The van der Waals surface area contributed by atoms with Crippen molar-refractivity contribution >= 4 is 40.3 Å². The van der Waals surface area contributed by atoms with Crippen LogP contribution in [-0.2, 0) is 9.53 Å². The van der Waals surface area contributed by atoms with Crippen molar-refractivity contribution in [2.24, 2.45) is 0 Å². The Morgan fingerprint density at radius 2 is 2.00 bits per heavy atom. The first-order valence-electron chi connectivity index (χ1n) is 7.80. The van der Waals surface area contributed by atoms with E-state index >= 15 is 0 Å². The third kappa shape index (κ3) is 3.24. The molecule has 0 radical (unpaired) electrons. The number of ether oxygens (including phenoxy) is 1. The highest BCUT2D eigenvalue weighted by atomic mass is 35.5. The molecule has 128 valence electrons. The Labute approximate surface area is 144 Å². The number of rotatable bonds is 2. The first-order chi connectivity index (χ1) is 11.2. The fourth-order valence-corrected chi connectivity index (χ4v) is 2.76. The minimum Gasteiger partial charge on any atom is -0.443 e. The molecular formula is C17H19ClN2O4. The topological polar surface area (TPSA) is 72.6 Å². The summed E-state index contributed by atoms with van der Waals surface area (Å²) in [6.07, 6.45) is 1.35. The molecule has 1 heterocycles. The van der Waals surface area contributed by atoms with Crippen LogP contribution in [0, 0.1) is 0 Å². The molecule has 0 spiro atoms. The SMILES string of the molecule is CC(=O)N(C(=O)OC(C)(C)C)c1cc(Cl)c2onc(C3CC3)c2c1. The summed E-state index contributed by atoms with van der Waals surface area (Å²) in [5.74, 6) is -0.103. The van der Waals surface area contributed by atoms with Gasteiger partial charge in [-0.15, -0.1) is 0 Å². The van der Waals surface area contributed by atoms with Gasteiger partial charge in [-0.1, -0.05) is 16.8 Å². The van der Waals surface area contributed by atoms with E-state index in [1.54, 1.807) is 26.8 Å². The zero-order valence-corrected chi connectivity index (χ0v) is 14.8. The second kappa shape index (κ2) is 5.77. The van der Waals surface area contributed by atoms with Gasteiger partial charge in [0.15, 0.2) is 5.58 Å². The van der Waals surface area contributed by atoms with E-state index in [2.05, 4.69) is 5.16 Å². The fourth-order valence-electron chi connectivity index (χ4n) is 2.51. The minimum absolute atomic E-state index is 0.303. The highest BCUT2D eigenvalue weighted by Crippen LogP contribution is 2.44. The maximum Gasteiger partial charge on any atom is 0.421 e. The third-order valence-corrected chi connectivity index (χ3v) is 3.93. The summed E-state index contributed by atoms with van der Waals surface area (Å²) < 4.78 is 10.6. The van der Waals surface area contributed by atoms with E-state index in [0.29, 0.717) is 22.2 Å². The van der Waals surface area contributed by atoms with Crippen LogP contribution in [0.4, 0.5) is 10.5 Å². The number of fused-ring (bicyclic) bond motifs is 1. The summed E-state index contributed by atoms with van der Waals surface area (Å²) in [6, 6.07) is 3.22. The molecule has 24 heavy (non-hydrogen) atoms. The summed E-state index contributed by atoms with van der Waals surface area (Å²) >= 11 is 6.26. The quantitative estimate of drug-likeness (QED) is 0.788. The molecule has 1 aromatic carbocycles. The van der Waals surface area contributed by atoms with Gasteiger partial charge >= 0.3 is 6.09 Å². The first-order valence-corrected chi connectivity index (χ1v) is 8.17. The van der Waals surface area contributed by atoms with Crippen LogP contribution in [0.2, 0.25) is 5.02 Å². The zero-order valence-electron chi connectivity index (χ0n) is 14.1. The van der Waals surface area contributed by atoms with Gasteiger partial charge in [0.2, 0.25) is 5.91 Å². The highest BCUT2D eigenvalue weighted by Gasteiger charge is 2.32. The predicted octanol–water partition coefficient (Wildman–Crippen LogP) is 4.65. The van der Waals surface area contributed by atoms with Gasteiger partial charge in [0, 0.05) is 18.2 Å². The standard InChI is InChI=1S/C17H19ClN2O4/c1-9(21)20(16(22)23-17(2,3)4)11-7-12-14(10-5-6-10)19-24-15(12)13(18)8-11/h7-8,10H,5-6H2,1-4H3. The molecule has 0 saturated heterocycles. The summed E-state index contributed by atoms with van der Waals surface area (Å²) in [4.78, 5) is 25.4. The summed E-state index contributed by atoms with van der Waals surface area (Å²) in [6.45, 7) is 6.52. The second-order valence-corrected chi connectivity index (χ2v) is 7.39. The Morgan fingerprint density at radius 1 is 1.33 bits per heavy atom. The smallest absolute Gasteiger partial charge is 0.421 e. The van der Waals surface area contributed by atoms with E-state index < -0.39 is 17.6 Å². The van der Waals surface area contributed by atoms with E-state index in [1.165, 1.54) is 13.0 Å². The number of nitrogens with zero attached hydrogens (tertiary/aromatic N) is 2. The maximum absolute atomic E-state index is 12.4. The molecule has 0 aliphatic heterocycles. The molecule has 3 rings (SSSR count). The van der Waals surface area contributed by atoms with Crippen LogP contribution >= 0.6 is 11.6 Å². The Bertz CT molecular complexity index is 818. The van der Waals surface area contributed by atoms with Crippen molar-refractivity contribution in [3.05, 3.63) is 22.8 Å². The largest absolute Gasteiger partial charge is 0.443 e. The molecule has 0 atom stereocenters. The Hall–Kier alpha value is -2.08. The number of halogens is 1. The van der Waals surface area contributed by atoms with Gasteiger partial charge in [0.25, 0.3) is 0 Å². The van der Waals surface area contributed by atoms with Crippen molar-refractivity contribution in [3.8, 4) is 0 Å². The third-order valence-electron chi connectivity index (χ3n) is 3.65. The molecule has 1 aliphatic rings. The number of imide groups is 1. The van der Waals surface area contributed by atoms with Crippen LogP contribution in [0.1, 0.15) is 52.1 Å². The molecule has 7 heteroatoms. The van der Waals surface area contributed by atoms with Gasteiger partial charge in [-0.05, 0) is 45.7 Å². The Balaban J connectivity index is 2.06. The maximum atomic E-state index is 12.4. The number of hydrogen-bond acceptors (Lipinski definition) is 5. The number of benzene rings is 1. The average Bonchev–Trinajstić information content (AvgIpc) is 3.16. The van der Waals surface area contributed by atoms with Gasteiger partial charge in [-0.25, -0.2) is 9.69 Å². The van der Waals surface area contributed by atoms with Gasteiger partial charge in [0.05, 0.1) is 16.4 Å². The first kappa shape index (κ1) is 16.8. The molecule has 1 fully saturated rings. The monoisotopic (exact) mass is 350 g/mol. The van der Waals surface area contributed by atoms with E-state index in [0.717, 1.165) is 28.8 Å². The lowest BCUT2D eigenvalue weighted by molar-refractivity contribution is -0.116. The van der Waals surface area contributed by atoms with Crippen LogP contribution in [0.15, 0.2) is 16.7 Å². The lowest BCUT2D eigenvalue weighted by Gasteiger charge is -2.25. The summed E-state index contributed by atoms with van der Waals surface area (Å²) in [5.41, 5.74) is 0.922. The predicted molar refractivity (Wildman–Crippen MR) is 90.4 cm³/mol. The van der Waals surface area contributed by atoms with Crippen LogP contribution in [-0.4, -0.2) is 22.8 Å². The molecule has 0 bridgehead atoms. The van der Waals surface area contributed by atoms with Crippen LogP contribution < -0.4 is 4.90 Å². The normalized spacial score (nSPS) is 14.7. The molecule has 1 aliphatic carbocycles. The van der Waals surface area contributed by atoms with Crippen molar-refractivity contribution < 1.29 is 18.8 Å². The molecule has 0 N–H and O–H groups in total. The van der Waals surface area contributed by atoms with E-state index in [4.69, 9.17) is 20.9 Å². The number of aromatic nitrogens is 1. The molecule has 6 nitrogen and oxygen atoms in total. The summed E-state index contributed by atoms with van der Waals surface area (Å²) in [5, 5.41) is 5.12. The average molecular weight is 351 g/mol.